The van der Waals surface area contributed by atoms with Crippen LogP contribution in [0.25, 0.3) is 64.2 Å². The van der Waals surface area contributed by atoms with Crippen molar-refractivity contribution in [3.8, 4) is 22.4 Å². The number of hydrogen-bond donors (Lipinski definition) is 0. The van der Waals surface area contributed by atoms with Crippen LogP contribution < -0.4 is 4.90 Å². The number of rotatable bonds is 3. The summed E-state index contributed by atoms with van der Waals surface area (Å²) in [6.07, 6.45) is 0. The highest BCUT2D eigenvalue weighted by molar-refractivity contribution is 7.26. The number of fused-ring (bicyclic) bond motifs is 9. The zero-order valence-electron chi connectivity index (χ0n) is 27.3. The van der Waals surface area contributed by atoms with Gasteiger partial charge < -0.3 is 4.90 Å². The maximum Gasteiger partial charge on any atom is 0.0788 e. The summed E-state index contributed by atoms with van der Waals surface area (Å²) in [6.45, 7) is 4.66. The fraction of sp³-hybridized carbons (Fsp3) is 0.0652. The maximum atomic E-state index is 5.31. The number of nitrogens with zero attached hydrogens (tertiary/aromatic N) is 2. The summed E-state index contributed by atoms with van der Waals surface area (Å²) in [4.78, 5) is 7.72. The molecule has 2 nitrogen and oxygen atoms in total. The number of anilines is 3. The minimum absolute atomic E-state index is 0.0783. The minimum atomic E-state index is -0.0783. The Balaban J connectivity index is 1.16. The molecule has 232 valence electrons. The van der Waals surface area contributed by atoms with Gasteiger partial charge in [-0.1, -0.05) is 123 Å². The van der Waals surface area contributed by atoms with Crippen molar-refractivity contribution < 1.29 is 0 Å². The average molecular weight is 645 g/mol. The fourth-order valence-electron chi connectivity index (χ4n) is 8.05. The molecule has 1 aliphatic rings. The summed E-state index contributed by atoms with van der Waals surface area (Å²) < 4.78 is 2.62. The van der Waals surface area contributed by atoms with Crippen LogP contribution in [-0.2, 0) is 5.41 Å². The van der Waals surface area contributed by atoms with Crippen molar-refractivity contribution in [3.63, 3.8) is 0 Å². The summed E-state index contributed by atoms with van der Waals surface area (Å²) in [5, 5.41) is 6.28. The van der Waals surface area contributed by atoms with Crippen molar-refractivity contribution in [3.05, 3.63) is 169 Å². The lowest BCUT2D eigenvalue weighted by molar-refractivity contribution is 0.632. The lowest BCUT2D eigenvalue weighted by Crippen LogP contribution is -2.30. The molecule has 3 heteroatoms. The van der Waals surface area contributed by atoms with Crippen molar-refractivity contribution >= 4 is 70.2 Å². The van der Waals surface area contributed by atoms with Gasteiger partial charge >= 0.3 is 0 Å². The van der Waals surface area contributed by atoms with Crippen LogP contribution in [0.15, 0.2) is 158 Å². The van der Waals surface area contributed by atoms with Gasteiger partial charge in [-0.2, -0.15) is 0 Å². The van der Waals surface area contributed by atoms with E-state index >= 15 is 0 Å². The molecule has 9 aromatic rings. The Morgan fingerprint density at radius 1 is 0.490 bits per heavy atom. The summed E-state index contributed by atoms with van der Waals surface area (Å²) >= 11 is 1.87. The highest BCUT2D eigenvalue weighted by Crippen LogP contribution is 2.52. The first-order valence-corrected chi connectivity index (χ1v) is 17.7. The fourth-order valence-corrected chi connectivity index (χ4v) is 9.17. The van der Waals surface area contributed by atoms with Gasteiger partial charge in [-0.25, -0.2) is 4.98 Å². The lowest BCUT2D eigenvalue weighted by atomic mass is 9.73. The van der Waals surface area contributed by atoms with E-state index in [4.69, 9.17) is 4.98 Å². The normalized spacial score (nSPS) is 13.6. The lowest BCUT2D eigenvalue weighted by Gasteiger charge is -2.42. The molecule has 0 bridgehead atoms. The molecule has 0 unspecified atom stereocenters. The van der Waals surface area contributed by atoms with Crippen LogP contribution in [0.2, 0.25) is 0 Å². The molecule has 10 rings (SSSR count). The van der Waals surface area contributed by atoms with Crippen LogP contribution in [0.3, 0.4) is 0 Å². The Kier molecular flexibility index (Phi) is 6.12. The minimum Gasteiger partial charge on any atom is -0.310 e. The first-order chi connectivity index (χ1) is 24.1. The van der Waals surface area contributed by atoms with Crippen LogP contribution in [0.1, 0.15) is 25.0 Å². The molecule has 0 radical (unpaired) electrons. The van der Waals surface area contributed by atoms with Crippen molar-refractivity contribution in [1.82, 2.24) is 4.98 Å². The van der Waals surface area contributed by atoms with Crippen LogP contribution in [0, 0.1) is 0 Å². The van der Waals surface area contributed by atoms with E-state index in [0.717, 1.165) is 22.5 Å². The SMILES string of the molecule is CC1(C)c2ccccc2N(c2ccc(-c3ccc4nc(-c5ccccc5)c5ccc6sc7ccccc7c6c5c4c3)cc2)c2ccccc21. The summed E-state index contributed by atoms with van der Waals surface area (Å²) in [7, 11) is 0. The molecular formula is C46H32N2S. The van der Waals surface area contributed by atoms with Gasteiger partial charge in [0, 0.05) is 53.0 Å². The number of thiophene rings is 1. The number of aromatic nitrogens is 1. The Morgan fingerprint density at radius 3 is 1.90 bits per heavy atom. The second-order valence-corrected chi connectivity index (χ2v) is 14.6. The summed E-state index contributed by atoms with van der Waals surface area (Å²) in [5.41, 5.74) is 11.8. The third kappa shape index (κ3) is 4.22. The molecule has 1 aliphatic heterocycles. The van der Waals surface area contributed by atoms with E-state index < -0.39 is 0 Å². The molecule has 0 spiro atoms. The van der Waals surface area contributed by atoms with E-state index in [-0.39, 0.29) is 5.41 Å². The molecule has 0 fully saturated rings. The third-order valence-corrected chi connectivity index (χ3v) is 11.6. The van der Waals surface area contributed by atoms with Crippen molar-refractivity contribution in [2.24, 2.45) is 0 Å². The quantitative estimate of drug-likeness (QED) is 0.178. The highest BCUT2D eigenvalue weighted by atomic mass is 32.1. The van der Waals surface area contributed by atoms with Gasteiger partial charge in [-0.05, 0) is 70.8 Å². The Bertz CT molecular complexity index is 2690. The number of benzene rings is 7. The van der Waals surface area contributed by atoms with Gasteiger partial charge in [-0.15, -0.1) is 11.3 Å². The zero-order valence-corrected chi connectivity index (χ0v) is 28.1. The molecule has 49 heavy (non-hydrogen) atoms. The molecule has 2 aromatic heterocycles. The zero-order chi connectivity index (χ0) is 32.7. The first-order valence-electron chi connectivity index (χ1n) is 16.9. The maximum absolute atomic E-state index is 5.31. The van der Waals surface area contributed by atoms with Crippen molar-refractivity contribution in [2.75, 3.05) is 4.90 Å². The van der Waals surface area contributed by atoms with E-state index in [1.807, 2.05) is 11.3 Å². The molecule has 0 amide bonds. The predicted molar refractivity (Wildman–Crippen MR) is 210 cm³/mol. The smallest absolute Gasteiger partial charge is 0.0788 e. The van der Waals surface area contributed by atoms with Gasteiger partial charge in [0.2, 0.25) is 0 Å². The summed E-state index contributed by atoms with van der Waals surface area (Å²) in [6, 6.07) is 57.5. The second-order valence-electron chi connectivity index (χ2n) is 13.6. The van der Waals surface area contributed by atoms with Crippen LogP contribution in [0.5, 0.6) is 0 Å². The number of hydrogen-bond acceptors (Lipinski definition) is 3. The molecule has 0 saturated heterocycles. The summed E-state index contributed by atoms with van der Waals surface area (Å²) in [5.74, 6) is 0. The number of para-hydroxylation sites is 2. The molecule has 0 atom stereocenters. The molecule has 0 aliphatic carbocycles. The van der Waals surface area contributed by atoms with Gasteiger partial charge in [0.25, 0.3) is 0 Å². The Morgan fingerprint density at radius 2 is 1.14 bits per heavy atom. The van der Waals surface area contributed by atoms with Crippen LogP contribution >= 0.6 is 11.3 Å². The largest absolute Gasteiger partial charge is 0.310 e. The van der Waals surface area contributed by atoms with Crippen molar-refractivity contribution in [1.29, 1.82) is 0 Å². The predicted octanol–water partition coefficient (Wildman–Crippen LogP) is 13.2. The monoisotopic (exact) mass is 644 g/mol. The van der Waals surface area contributed by atoms with Gasteiger partial charge in [0.05, 0.1) is 22.6 Å². The van der Waals surface area contributed by atoms with Crippen LogP contribution in [0.4, 0.5) is 17.1 Å². The average Bonchev–Trinajstić information content (AvgIpc) is 3.54. The van der Waals surface area contributed by atoms with Crippen molar-refractivity contribution in [2.45, 2.75) is 19.3 Å². The van der Waals surface area contributed by atoms with E-state index in [2.05, 4.69) is 176 Å². The Hall–Kier alpha value is -5.77. The molecule has 0 saturated carbocycles. The standard InChI is InChI=1S/C46H32N2S/c1-46(2)36-15-7-9-17-39(36)48(40-18-10-8-16-37(40)46)32-23-20-29(21-24-32)31-22-26-38-35(28-31)43-34(45(47-38)30-12-4-3-5-13-30)25-27-42-44(43)33-14-6-11-19-41(33)49-42/h3-28H,1-2H3. The third-order valence-electron chi connectivity index (χ3n) is 10.4. The van der Waals surface area contributed by atoms with E-state index in [9.17, 15) is 0 Å². The van der Waals surface area contributed by atoms with Crippen LogP contribution in [-0.4, -0.2) is 4.98 Å². The number of pyridine rings is 1. The Labute approximate surface area is 289 Å². The van der Waals surface area contributed by atoms with Gasteiger partial charge in [0.15, 0.2) is 0 Å². The van der Waals surface area contributed by atoms with Gasteiger partial charge in [0.1, 0.15) is 0 Å². The van der Waals surface area contributed by atoms with Gasteiger partial charge in [-0.3, -0.25) is 0 Å². The topological polar surface area (TPSA) is 16.1 Å². The first kappa shape index (κ1) is 28.3. The molecule has 7 aromatic carbocycles. The highest BCUT2D eigenvalue weighted by Gasteiger charge is 2.36. The van der Waals surface area contributed by atoms with E-state index in [1.54, 1.807) is 0 Å². The van der Waals surface area contributed by atoms with E-state index in [0.29, 0.717) is 0 Å². The molecule has 3 heterocycles. The van der Waals surface area contributed by atoms with E-state index in [1.165, 1.54) is 70.0 Å². The molecule has 0 N–H and O–H groups in total. The second kappa shape index (κ2) is 10.6. The molecular weight excluding hydrogens is 613 g/mol.